The SMILES string of the molecule is C[C@@H]1CC[C@H]2C(COCC#CC(O)C3=C(C(F)(F)F)O[C@@H]4O[C@]5(C)CC[C@H]6[C@H](C)CC[C@@H]3[C@@]46OO5)=C(C(F)(F)F)O[C@@H]3O[C@@]4(C)CC[C@@H]1[C@]32OO4. The van der Waals surface area contributed by atoms with E-state index < -0.39 is 96.0 Å². The Morgan fingerprint density at radius 2 is 1.25 bits per heavy atom. The summed E-state index contributed by atoms with van der Waals surface area (Å²) in [7, 11) is 0. The molecule has 2 spiro atoms. The van der Waals surface area contributed by atoms with Gasteiger partial charge < -0.3 is 28.8 Å². The average Bonchev–Trinajstić information content (AvgIpc) is 3.43. The van der Waals surface area contributed by atoms with E-state index in [9.17, 15) is 31.4 Å². The molecule has 13 atom stereocenters. The van der Waals surface area contributed by atoms with Crippen LogP contribution in [0.4, 0.5) is 26.3 Å². The zero-order valence-corrected chi connectivity index (χ0v) is 28.7. The van der Waals surface area contributed by atoms with Crippen molar-refractivity contribution in [3.63, 3.8) is 0 Å². The molecule has 6 saturated heterocycles. The highest BCUT2D eigenvalue weighted by Gasteiger charge is 2.72. The second kappa shape index (κ2) is 11.9. The van der Waals surface area contributed by atoms with Crippen molar-refractivity contribution in [2.24, 2.45) is 35.5 Å². The Hall–Kier alpha value is -2.10. The number of allylic oxidation sites excluding steroid dienone is 2. The van der Waals surface area contributed by atoms with Crippen molar-refractivity contribution in [1.29, 1.82) is 0 Å². The first-order valence-electron chi connectivity index (χ1n) is 17.7. The summed E-state index contributed by atoms with van der Waals surface area (Å²) in [5, 5.41) is 11.3. The van der Waals surface area contributed by atoms with Crippen molar-refractivity contribution in [3.8, 4) is 11.8 Å². The van der Waals surface area contributed by atoms with Crippen LogP contribution in [0, 0.1) is 47.3 Å². The Morgan fingerprint density at radius 3 is 1.80 bits per heavy atom. The van der Waals surface area contributed by atoms with Gasteiger partial charge in [-0.25, -0.2) is 19.6 Å². The summed E-state index contributed by atoms with van der Waals surface area (Å²) in [4.78, 5) is 23.2. The Balaban J connectivity index is 1.06. The maximum absolute atomic E-state index is 14.6. The molecule has 2 saturated carbocycles. The Labute approximate surface area is 290 Å². The fourth-order valence-corrected chi connectivity index (χ4v) is 10.3. The number of rotatable bonds is 4. The molecule has 8 heterocycles. The first-order chi connectivity index (χ1) is 23.9. The largest absolute Gasteiger partial charge is 0.456 e. The highest BCUT2D eigenvalue weighted by Crippen LogP contribution is 2.63. The summed E-state index contributed by atoms with van der Waals surface area (Å²) < 4.78 is 116. The van der Waals surface area contributed by atoms with E-state index in [4.69, 9.17) is 43.2 Å². The predicted molar refractivity (Wildman–Crippen MR) is 159 cm³/mol. The molecule has 0 aromatic rings. The van der Waals surface area contributed by atoms with E-state index >= 15 is 0 Å². The highest BCUT2D eigenvalue weighted by atomic mass is 19.4. The van der Waals surface area contributed by atoms with Crippen molar-refractivity contribution < 1.29 is 74.7 Å². The third-order valence-electron chi connectivity index (χ3n) is 12.7. The van der Waals surface area contributed by atoms with Crippen LogP contribution in [0.5, 0.6) is 0 Å². The maximum atomic E-state index is 14.6. The fraction of sp³-hybridized carbons (Fsp3) is 0.829. The summed E-state index contributed by atoms with van der Waals surface area (Å²) >= 11 is 0. The third kappa shape index (κ3) is 5.46. The lowest BCUT2D eigenvalue weighted by atomic mass is 9.59. The zero-order valence-electron chi connectivity index (χ0n) is 28.7. The summed E-state index contributed by atoms with van der Waals surface area (Å²) in [6, 6.07) is 0. The number of hydrogen-bond donors (Lipinski definition) is 1. The molecule has 1 N–H and O–H groups in total. The average molecular weight is 737 g/mol. The lowest BCUT2D eigenvalue weighted by Crippen LogP contribution is -2.68. The first kappa shape index (κ1) is 35.9. The molecule has 10 aliphatic rings. The van der Waals surface area contributed by atoms with Gasteiger partial charge in [-0.15, -0.1) is 0 Å². The summed E-state index contributed by atoms with van der Waals surface area (Å²) in [5.41, 5.74) is -3.46. The standard InChI is InChI=1S/C35H42F6O10/c1-17-7-9-22-19(26(34(36,37)38)44-28-32(22)20(17)11-13-30(3,46-28)48-50-32)16-43-15-5-6-24(42)25-23-10-8-18(2)21-12-14-31(4)47-29(33(21,23)51-49-31)45-27(25)35(39,40)41/h17-18,20-24,28-29,42H,7-16H2,1-4H3/t17-,18-,20+,21+,22+,23+,24?,28-,29-,30-,31+,32-,33-/m1/s1. The van der Waals surface area contributed by atoms with E-state index in [2.05, 4.69) is 11.8 Å². The molecule has 2 aliphatic carbocycles. The minimum atomic E-state index is -5.00. The minimum absolute atomic E-state index is 0.0436. The Bertz CT molecular complexity index is 1550. The van der Waals surface area contributed by atoms with Gasteiger partial charge in [-0.05, 0) is 64.2 Å². The van der Waals surface area contributed by atoms with E-state index in [0.717, 1.165) is 0 Å². The van der Waals surface area contributed by atoms with E-state index in [1.54, 1.807) is 13.8 Å². The number of fused-ring (bicyclic) bond motifs is 4. The van der Waals surface area contributed by atoms with Crippen LogP contribution in [-0.4, -0.2) is 72.1 Å². The molecule has 51 heavy (non-hydrogen) atoms. The summed E-state index contributed by atoms with van der Waals surface area (Å²) in [5.74, 6) is -2.44. The zero-order chi connectivity index (χ0) is 36.4. The van der Waals surface area contributed by atoms with Gasteiger partial charge in [-0.3, -0.25) is 0 Å². The van der Waals surface area contributed by atoms with Crippen molar-refractivity contribution in [2.75, 3.05) is 13.2 Å². The smallest absolute Gasteiger partial charge is 0.449 e. The second-order valence-electron chi connectivity index (χ2n) is 15.8. The molecule has 0 aromatic carbocycles. The van der Waals surface area contributed by atoms with E-state index in [1.165, 1.54) is 0 Å². The third-order valence-corrected chi connectivity index (χ3v) is 12.7. The van der Waals surface area contributed by atoms with Gasteiger partial charge in [0.1, 0.15) is 12.7 Å². The summed E-state index contributed by atoms with van der Waals surface area (Å²) in [6.45, 7) is 6.14. The van der Waals surface area contributed by atoms with Gasteiger partial charge in [0.15, 0.2) is 11.2 Å². The van der Waals surface area contributed by atoms with Crippen LogP contribution in [0.2, 0.25) is 0 Å². The summed E-state index contributed by atoms with van der Waals surface area (Å²) in [6.07, 6.45) is -11.0. The lowest BCUT2D eigenvalue weighted by Gasteiger charge is -2.57. The van der Waals surface area contributed by atoms with Gasteiger partial charge >= 0.3 is 12.4 Å². The van der Waals surface area contributed by atoms with E-state index in [1.807, 2.05) is 13.8 Å². The Kier molecular flexibility index (Phi) is 8.41. The molecule has 0 amide bonds. The lowest BCUT2D eigenvalue weighted by molar-refractivity contribution is -0.558. The van der Waals surface area contributed by atoms with Gasteiger partial charge in [0.2, 0.25) is 35.7 Å². The van der Waals surface area contributed by atoms with Crippen molar-refractivity contribution in [1.82, 2.24) is 0 Å². The van der Waals surface area contributed by atoms with Crippen LogP contribution in [-0.2, 0) is 43.2 Å². The molecule has 10 nitrogen and oxygen atoms in total. The quantitative estimate of drug-likeness (QED) is 0.149. The number of ether oxygens (including phenoxy) is 5. The van der Waals surface area contributed by atoms with Crippen LogP contribution in [0.25, 0.3) is 0 Å². The van der Waals surface area contributed by atoms with Gasteiger partial charge in [0, 0.05) is 47.7 Å². The van der Waals surface area contributed by atoms with Gasteiger partial charge in [0.25, 0.3) is 0 Å². The molecule has 0 radical (unpaired) electrons. The normalized spacial score (nSPS) is 46.5. The number of halogens is 6. The van der Waals surface area contributed by atoms with Crippen LogP contribution < -0.4 is 0 Å². The molecule has 4 bridgehead atoms. The number of alkyl halides is 6. The van der Waals surface area contributed by atoms with Crippen LogP contribution in [0.15, 0.2) is 22.7 Å². The molecule has 1 unspecified atom stereocenters. The molecular weight excluding hydrogens is 694 g/mol. The van der Waals surface area contributed by atoms with Gasteiger partial charge in [0.05, 0.1) is 6.61 Å². The number of aliphatic hydroxyl groups excluding tert-OH is 1. The topological polar surface area (TPSA) is 103 Å². The second-order valence-corrected chi connectivity index (χ2v) is 15.8. The minimum Gasteiger partial charge on any atom is -0.456 e. The molecule has 16 heteroatoms. The van der Waals surface area contributed by atoms with E-state index in [-0.39, 0.29) is 35.7 Å². The van der Waals surface area contributed by atoms with Gasteiger partial charge in [-0.2, -0.15) is 26.3 Å². The highest BCUT2D eigenvalue weighted by molar-refractivity contribution is 5.35. The number of aliphatic hydroxyl groups is 1. The van der Waals surface area contributed by atoms with Crippen LogP contribution in [0.1, 0.15) is 79.1 Å². The van der Waals surface area contributed by atoms with Crippen molar-refractivity contribution in [2.45, 2.75) is 133 Å². The molecular formula is C35H42F6O10. The maximum Gasteiger partial charge on any atom is 0.449 e. The molecule has 8 fully saturated rings. The number of hydrogen-bond acceptors (Lipinski definition) is 10. The van der Waals surface area contributed by atoms with Crippen LogP contribution >= 0.6 is 0 Å². The van der Waals surface area contributed by atoms with Gasteiger partial charge in [-0.1, -0.05) is 25.7 Å². The fourth-order valence-electron chi connectivity index (χ4n) is 10.3. The monoisotopic (exact) mass is 736 g/mol. The molecule has 0 aromatic heterocycles. The van der Waals surface area contributed by atoms with Crippen molar-refractivity contribution >= 4 is 0 Å². The Morgan fingerprint density at radius 1 is 0.745 bits per heavy atom. The molecule has 8 aliphatic heterocycles. The predicted octanol–water partition coefficient (Wildman–Crippen LogP) is 6.49. The molecule has 10 rings (SSSR count). The van der Waals surface area contributed by atoms with Crippen LogP contribution in [0.3, 0.4) is 0 Å². The first-order valence-corrected chi connectivity index (χ1v) is 17.7. The molecule has 284 valence electrons. The van der Waals surface area contributed by atoms with Crippen molar-refractivity contribution in [3.05, 3.63) is 22.7 Å². The van der Waals surface area contributed by atoms with E-state index in [0.29, 0.717) is 44.9 Å².